The van der Waals surface area contributed by atoms with Crippen LogP contribution in [0.15, 0.2) is 76.6 Å². The van der Waals surface area contributed by atoms with Crippen molar-refractivity contribution in [3.05, 3.63) is 100 Å². The zero-order valence-corrected chi connectivity index (χ0v) is 25.1. The molecule has 2 atom stereocenters. The molecule has 0 spiro atoms. The average Bonchev–Trinajstić information content (AvgIpc) is 3.70. The minimum Gasteiger partial charge on any atom is -0.507 e. The normalized spacial score (nSPS) is 19.0. The van der Waals surface area contributed by atoms with E-state index >= 15 is 0 Å². The number of nitrogens with zero attached hydrogens (tertiary/aromatic N) is 3. The summed E-state index contributed by atoms with van der Waals surface area (Å²) >= 11 is 2.56. The van der Waals surface area contributed by atoms with Gasteiger partial charge < -0.3 is 14.6 Å². The van der Waals surface area contributed by atoms with Gasteiger partial charge in [-0.05, 0) is 72.5 Å². The molecule has 4 aromatic rings. The summed E-state index contributed by atoms with van der Waals surface area (Å²) in [5.41, 5.74) is 2.79. The highest BCUT2D eigenvalue weighted by molar-refractivity contribution is 8.00. The minimum absolute atomic E-state index is 0.0105. The van der Waals surface area contributed by atoms with E-state index in [1.54, 1.807) is 48.5 Å². The Kier molecular flexibility index (Phi) is 8.18. The molecular weight excluding hydrogens is 590 g/mol. The van der Waals surface area contributed by atoms with Gasteiger partial charge in [0.05, 0.1) is 18.2 Å². The van der Waals surface area contributed by atoms with Gasteiger partial charge in [-0.2, -0.15) is 0 Å². The fourth-order valence-corrected chi connectivity index (χ4v) is 6.97. The maximum absolute atomic E-state index is 13.6. The lowest BCUT2D eigenvalue weighted by Gasteiger charge is -2.23. The van der Waals surface area contributed by atoms with Crippen molar-refractivity contribution >= 4 is 45.7 Å². The maximum Gasteiger partial charge on any atom is 0.301 e. The molecule has 6 rings (SSSR count). The molecule has 1 N–H and O–H groups in total. The zero-order chi connectivity index (χ0) is 30.1. The number of halogens is 1. The van der Waals surface area contributed by atoms with Crippen molar-refractivity contribution in [3.63, 3.8) is 0 Å². The first kappa shape index (κ1) is 28.9. The monoisotopic (exact) mass is 617 g/mol. The summed E-state index contributed by atoms with van der Waals surface area (Å²) < 4.78 is 25.5. The predicted molar refractivity (Wildman–Crippen MR) is 163 cm³/mol. The van der Waals surface area contributed by atoms with Crippen LogP contribution in [0.5, 0.6) is 11.5 Å². The number of Topliss-reactive ketones (excluding diaryl/α,β-unsaturated/α-hetero) is 1. The highest BCUT2D eigenvalue weighted by Crippen LogP contribution is 2.45. The molecule has 11 heteroatoms. The van der Waals surface area contributed by atoms with Crippen LogP contribution in [-0.4, -0.2) is 39.7 Å². The molecule has 1 amide bonds. The summed E-state index contributed by atoms with van der Waals surface area (Å²) in [5.74, 6) is -0.367. The summed E-state index contributed by atoms with van der Waals surface area (Å²) in [4.78, 5) is 28.5. The Labute approximate surface area is 256 Å². The van der Waals surface area contributed by atoms with Crippen LogP contribution in [0.25, 0.3) is 5.76 Å². The molecule has 3 heterocycles. The number of hydrogen-bond acceptors (Lipinski definition) is 9. The lowest BCUT2D eigenvalue weighted by atomic mass is 9.94. The first-order valence-corrected chi connectivity index (χ1v) is 15.7. The van der Waals surface area contributed by atoms with Crippen molar-refractivity contribution in [3.8, 4) is 11.5 Å². The van der Waals surface area contributed by atoms with Crippen molar-refractivity contribution in [2.75, 3.05) is 11.5 Å². The molecule has 2 aliphatic rings. The smallest absolute Gasteiger partial charge is 0.301 e. The number of benzene rings is 3. The molecule has 0 unspecified atom stereocenters. The molecule has 1 aromatic heterocycles. The van der Waals surface area contributed by atoms with Crippen LogP contribution in [0.1, 0.15) is 48.6 Å². The van der Waals surface area contributed by atoms with Crippen molar-refractivity contribution in [2.24, 2.45) is 0 Å². The second kappa shape index (κ2) is 12.2. The van der Waals surface area contributed by atoms with Gasteiger partial charge in [0.2, 0.25) is 5.13 Å². The van der Waals surface area contributed by atoms with E-state index in [1.807, 2.05) is 19.9 Å². The van der Waals surface area contributed by atoms with Gasteiger partial charge >= 0.3 is 5.91 Å². The van der Waals surface area contributed by atoms with E-state index in [2.05, 4.69) is 10.2 Å². The molecule has 1 saturated heterocycles. The highest BCUT2D eigenvalue weighted by Gasteiger charge is 2.48. The van der Waals surface area contributed by atoms with Gasteiger partial charge in [-0.25, -0.2) is 4.39 Å². The number of rotatable bonds is 9. The van der Waals surface area contributed by atoms with Crippen molar-refractivity contribution in [1.29, 1.82) is 0 Å². The Morgan fingerprint density at radius 1 is 1.14 bits per heavy atom. The van der Waals surface area contributed by atoms with Crippen LogP contribution in [0.3, 0.4) is 0 Å². The van der Waals surface area contributed by atoms with Crippen molar-refractivity contribution < 1.29 is 28.6 Å². The van der Waals surface area contributed by atoms with E-state index in [-0.39, 0.29) is 28.4 Å². The molecular formula is C32H28FN3O5S2. The van der Waals surface area contributed by atoms with Crippen molar-refractivity contribution in [1.82, 2.24) is 10.2 Å². The number of anilines is 1. The summed E-state index contributed by atoms with van der Waals surface area (Å²) in [6.45, 7) is 4.47. The quantitative estimate of drug-likeness (QED) is 0.0727. The molecule has 1 fully saturated rings. The lowest BCUT2D eigenvalue weighted by molar-refractivity contribution is -0.132. The number of aliphatic hydroxyl groups is 1. The van der Waals surface area contributed by atoms with E-state index in [1.165, 1.54) is 40.1 Å². The molecule has 43 heavy (non-hydrogen) atoms. The Morgan fingerprint density at radius 3 is 2.74 bits per heavy atom. The van der Waals surface area contributed by atoms with Gasteiger partial charge in [-0.1, -0.05) is 54.3 Å². The lowest BCUT2D eigenvalue weighted by Crippen LogP contribution is -2.29. The standard InChI is InChI=1S/C32H28FN3O5S2/c1-3-13-40-24-6-4-5-20(16-24)27-26(28(37)21-9-12-25-22(15-21)14-18(2)41-25)29(38)30(39)36(27)31-34-35-32(43-31)42-17-19-7-10-23(33)11-8-19/h4-12,15-16,18,27,37H,3,13-14,17H2,1-2H3/b28-26+/t18-,27+/m1/s1. The fourth-order valence-electron chi connectivity index (χ4n) is 5.15. The first-order valence-electron chi connectivity index (χ1n) is 13.9. The van der Waals surface area contributed by atoms with E-state index in [0.29, 0.717) is 40.0 Å². The number of thioether (sulfide) groups is 1. The van der Waals surface area contributed by atoms with Crippen molar-refractivity contribution in [2.45, 2.75) is 48.9 Å². The number of fused-ring (bicyclic) bond motifs is 1. The number of ether oxygens (including phenoxy) is 2. The van der Waals surface area contributed by atoms with Gasteiger partial charge in [0.25, 0.3) is 5.78 Å². The molecule has 8 nitrogen and oxygen atoms in total. The van der Waals surface area contributed by atoms with Gasteiger partial charge in [0, 0.05) is 17.7 Å². The Morgan fingerprint density at radius 2 is 1.95 bits per heavy atom. The first-order chi connectivity index (χ1) is 20.8. The van der Waals surface area contributed by atoms with Crippen LogP contribution in [0.4, 0.5) is 9.52 Å². The zero-order valence-electron chi connectivity index (χ0n) is 23.5. The molecule has 0 aliphatic carbocycles. The van der Waals surface area contributed by atoms with E-state index in [4.69, 9.17) is 9.47 Å². The Bertz CT molecular complexity index is 1720. The van der Waals surface area contributed by atoms with Crippen LogP contribution >= 0.6 is 23.1 Å². The second-order valence-electron chi connectivity index (χ2n) is 10.3. The Hall–Kier alpha value is -4.22. The number of aromatic nitrogens is 2. The third kappa shape index (κ3) is 5.87. The van der Waals surface area contributed by atoms with Crippen LogP contribution in [-0.2, 0) is 21.8 Å². The fraction of sp³-hybridized carbons (Fsp3) is 0.250. The Balaban J connectivity index is 1.39. The second-order valence-corrected chi connectivity index (χ2v) is 12.5. The molecule has 0 radical (unpaired) electrons. The topological polar surface area (TPSA) is 102 Å². The molecule has 3 aromatic carbocycles. The molecule has 220 valence electrons. The van der Waals surface area contributed by atoms with Gasteiger partial charge in [-0.15, -0.1) is 10.2 Å². The maximum atomic E-state index is 13.6. The van der Waals surface area contributed by atoms with Crippen LogP contribution in [0, 0.1) is 5.82 Å². The third-order valence-electron chi connectivity index (χ3n) is 7.14. The predicted octanol–water partition coefficient (Wildman–Crippen LogP) is 6.71. The number of hydrogen-bond donors (Lipinski definition) is 1. The average molecular weight is 618 g/mol. The van der Waals surface area contributed by atoms with E-state index in [0.717, 1.165) is 23.3 Å². The van der Waals surface area contributed by atoms with Gasteiger partial charge in [-0.3, -0.25) is 14.5 Å². The number of amides is 1. The highest BCUT2D eigenvalue weighted by atomic mass is 32.2. The molecule has 2 aliphatic heterocycles. The van der Waals surface area contributed by atoms with Gasteiger partial charge in [0.1, 0.15) is 29.2 Å². The number of carbonyl (C=O) groups excluding carboxylic acids is 2. The number of carbonyl (C=O) groups is 2. The number of aliphatic hydroxyl groups excluding tert-OH is 1. The SMILES string of the molecule is CCCOc1cccc([C@H]2/C(=C(\O)c3ccc4c(c3)C[C@@H](C)O4)C(=O)C(=O)N2c2nnc(SCc3ccc(F)cc3)s2)c1. The molecule has 0 bridgehead atoms. The summed E-state index contributed by atoms with van der Waals surface area (Å²) in [6, 6.07) is 17.6. The van der Waals surface area contributed by atoms with E-state index < -0.39 is 17.7 Å². The minimum atomic E-state index is -0.962. The summed E-state index contributed by atoms with van der Waals surface area (Å²) in [6.07, 6.45) is 1.50. The third-order valence-corrected chi connectivity index (χ3v) is 9.27. The van der Waals surface area contributed by atoms with Crippen LogP contribution in [0.2, 0.25) is 0 Å². The van der Waals surface area contributed by atoms with E-state index in [9.17, 15) is 19.1 Å². The largest absolute Gasteiger partial charge is 0.507 e. The van der Waals surface area contributed by atoms with Crippen LogP contribution < -0.4 is 14.4 Å². The van der Waals surface area contributed by atoms with Gasteiger partial charge in [0.15, 0.2) is 4.34 Å². The molecule has 0 saturated carbocycles. The summed E-state index contributed by atoms with van der Waals surface area (Å²) in [7, 11) is 0. The summed E-state index contributed by atoms with van der Waals surface area (Å²) in [5, 5.41) is 20.3. The number of ketones is 1.